The number of carbonyl (C=O) groups is 1. The molecule has 1 aliphatic heterocycles. The minimum Gasteiger partial charge on any atom is -0.497 e. The van der Waals surface area contributed by atoms with Crippen molar-refractivity contribution in [2.75, 3.05) is 33.4 Å². The van der Waals surface area contributed by atoms with Gasteiger partial charge < -0.3 is 14.8 Å². The van der Waals surface area contributed by atoms with Gasteiger partial charge in [0.2, 0.25) is 0 Å². The van der Waals surface area contributed by atoms with Crippen LogP contribution in [0.3, 0.4) is 0 Å². The van der Waals surface area contributed by atoms with E-state index >= 15 is 0 Å². The smallest absolute Gasteiger partial charge is 0.258 e. The molecule has 27 heavy (non-hydrogen) atoms. The molecule has 1 fully saturated rings. The molecule has 1 amide bonds. The van der Waals surface area contributed by atoms with Crippen molar-refractivity contribution in [3.05, 3.63) is 59.1 Å². The van der Waals surface area contributed by atoms with Gasteiger partial charge in [0.25, 0.3) is 5.91 Å². The number of ether oxygens (including phenoxy) is 2. The Bertz CT molecular complexity index is 745. The molecule has 2 aromatic rings. The highest BCUT2D eigenvalue weighted by Gasteiger charge is 2.24. The highest BCUT2D eigenvalue weighted by atomic mass is 35.5. The van der Waals surface area contributed by atoms with E-state index in [1.807, 2.05) is 18.2 Å². The third-order valence-electron chi connectivity index (χ3n) is 4.74. The molecule has 0 aromatic heterocycles. The summed E-state index contributed by atoms with van der Waals surface area (Å²) in [5.41, 5.74) is 1.15. The Morgan fingerprint density at radius 1 is 1.15 bits per heavy atom. The SMILES string of the molecule is COc1cccc(C(CNC(=O)COc2ccc(Cl)cc2)N2CCCC2)c1. The van der Waals surface area contributed by atoms with Crippen LogP contribution in [0.25, 0.3) is 0 Å². The van der Waals surface area contributed by atoms with Gasteiger partial charge in [-0.25, -0.2) is 0 Å². The Kier molecular flexibility index (Phi) is 6.96. The average Bonchev–Trinajstić information content (AvgIpc) is 3.22. The monoisotopic (exact) mass is 388 g/mol. The van der Waals surface area contributed by atoms with Crippen LogP contribution in [0.1, 0.15) is 24.4 Å². The van der Waals surface area contributed by atoms with E-state index < -0.39 is 0 Å². The molecule has 5 nitrogen and oxygen atoms in total. The first-order chi connectivity index (χ1) is 13.2. The van der Waals surface area contributed by atoms with E-state index in [1.165, 1.54) is 12.8 Å². The number of hydrogen-bond donors (Lipinski definition) is 1. The molecule has 0 saturated carbocycles. The van der Waals surface area contributed by atoms with Crippen LogP contribution >= 0.6 is 11.6 Å². The molecule has 1 atom stereocenters. The highest BCUT2D eigenvalue weighted by molar-refractivity contribution is 6.30. The number of rotatable bonds is 8. The van der Waals surface area contributed by atoms with Gasteiger partial charge in [-0.2, -0.15) is 0 Å². The van der Waals surface area contributed by atoms with Crippen molar-refractivity contribution < 1.29 is 14.3 Å². The molecule has 6 heteroatoms. The van der Waals surface area contributed by atoms with Gasteiger partial charge >= 0.3 is 0 Å². The molecule has 1 heterocycles. The molecule has 1 saturated heterocycles. The molecule has 1 unspecified atom stereocenters. The lowest BCUT2D eigenvalue weighted by Crippen LogP contribution is -2.38. The number of amides is 1. The lowest BCUT2D eigenvalue weighted by Gasteiger charge is -2.28. The third-order valence-corrected chi connectivity index (χ3v) is 4.99. The fourth-order valence-corrected chi connectivity index (χ4v) is 3.43. The summed E-state index contributed by atoms with van der Waals surface area (Å²) in [6.45, 7) is 2.60. The third kappa shape index (κ3) is 5.62. The van der Waals surface area contributed by atoms with E-state index in [0.717, 1.165) is 24.4 Å². The largest absolute Gasteiger partial charge is 0.497 e. The number of nitrogens with one attached hydrogen (secondary N) is 1. The molecule has 0 aliphatic carbocycles. The maximum Gasteiger partial charge on any atom is 0.258 e. The summed E-state index contributed by atoms with van der Waals surface area (Å²) >= 11 is 5.85. The first-order valence-electron chi connectivity index (χ1n) is 9.19. The zero-order valence-corrected chi connectivity index (χ0v) is 16.2. The predicted octanol–water partition coefficient (Wildman–Crippen LogP) is 3.68. The molecule has 2 aromatic carbocycles. The van der Waals surface area contributed by atoms with Gasteiger partial charge in [-0.15, -0.1) is 0 Å². The first kappa shape index (κ1) is 19.5. The number of halogens is 1. The number of benzene rings is 2. The summed E-state index contributed by atoms with van der Waals surface area (Å²) < 4.78 is 10.9. The normalized spacial score (nSPS) is 15.3. The number of nitrogens with zero attached hydrogens (tertiary/aromatic N) is 1. The second-order valence-electron chi connectivity index (χ2n) is 6.58. The quantitative estimate of drug-likeness (QED) is 0.749. The molecule has 144 valence electrons. The summed E-state index contributed by atoms with van der Waals surface area (Å²) in [5.74, 6) is 1.31. The summed E-state index contributed by atoms with van der Waals surface area (Å²) in [5, 5.41) is 3.64. The van der Waals surface area contributed by atoms with E-state index in [4.69, 9.17) is 21.1 Å². The summed E-state index contributed by atoms with van der Waals surface area (Å²) in [7, 11) is 1.67. The van der Waals surface area contributed by atoms with Crippen molar-refractivity contribution >= 4 is 17.5 Å². The first-order valence-corrected chi connectivity index (χ1v) is 9.56. The van der Waals surface area contributed by atoms with Crippen molar-refractivity contribution in [3.8, 4) is 11.5 Å². The summed E-state index contributed by atoms with van der Waals surface area (Å²) in [6, 6.07) is 15.1. The van der Waals surface area contributed by atoms with Gasteiger partial charge in [-0.1, -0.05) is 23.7 Å². The van der Waals surface area contributed by atoms with Gasteiger partial charge in [0.05, 0.1) is 13.2 Å². The zero-order chi connectivity index (χ0) is 19.1. The topological polar surface area (TPSA) is 50.8 Å². The van der Waals surface area contributed by atoms with Crippen LogP contribution in [0, 0.1) is 0 Å². The van der Waals surface area contributed by atoms with Crippen LogP contribution in [-0.4, -0.2) is 44.2 Å². The van der Waals surface area contributed by atoms with Crippen LogP contribution in [0.5, 0.6) is 11.5 Å². The van der Waals surface area contributed by atoms with Crippen molar-refractivity contribution in [1.29, 1.82) is 0 Å². The zero-order valence-electron chi connectivity index (χ0n) is 15.5. The lowest BCUT2D eigenvalue weighted by molar-refractivity contribution is -0.123. The molecule has 1 N–H and O–H groups in total. The Hall–Kier alpha value is -2.24. The maximum absolute atomic E-state index is 12.3. The summed E-state index contributed by atoms with van der Waals surface area (Å²) in [4.78, 5) is 14.7. The van der Waals surface area contributed by atoms with E-state index in [1.54, 1.807) is 31.4 Å². The van der Waals surface area contributed by atoms with Gasteiger partial charge in [0, 0.05) is 11.6 Å². The Morgan fingerprint density at radius 3 is 2.59 bits per heavy atom. The minimum atomic E-state index is -0.142. The second-order valence-corrected chi connectivity index (χ2v) is 7.02. The molecular weight excluding hydrogens is 364 g/mol. The van der Waals surface area contributed by atoms with Crippen LogP contribution < -0.4 is 14.8 Å². The maximum atomic E-state index is 12.3. The van der Waals surface area contributed by atoms with Gasteiger partial charge in [-0.3, -0.25) is 9.69 Å². The van der Waals surface area contributed by atoms with E-state index in [9.17, 15) is 4.79 Å². The Balaban J connectivity index is 1.58. The van der Waals surface area contributed by atoms with E-state index in [2.05, 4.69) is 16.3 Å². The molecule has 1 aliphatic rings. The lowest BCUT2D eigenvalue weighted by atomic mass is 10.0. The number of likely N-dealkylation sites (tertiary alicyclic amines) is 1. The van der Waals surface area contributed by atoms with Crippen LogP contribution in [0.2, 0.25) is 5.02 Å². The predicted molar refractivity (Wildman–Crippen MR) is 106 cm³/mol. The standard InChI is InChI=1S/C21H25ClN2O3/c1-26-19-6-4-5-16(13-19)20(24-11-2-3-12-24)14-23-21(25)15-27-18-9-7-17(22)8-10-18/h4-10,13,20H,2-3,11-12,14-15H2,1H3,(H,23,25). The minimum absolute atomic E-state index is 0.0214. The van der Waals surface area contributed by atoms with E-state index in [0.29, 0.717) is 17.3 Å². The fraction of sp³-hybridized carbons (Fsp3) is 0.381. The van der Waals surface area contributed by atoms with Crippen LogP contribution in [0.4, 0.5) is 0 Å². The molecule has 0 bridgehead atoms. The molecule has 3 rings (SSSR count). The van der Waals surface area contributed by atoms with Crippen molar-refractivity contribution in [2.45, 2.75) is 18.9 Å². The van der Waals surface area contributed by atoms with Gasteiger partial charge in [0.1, 0.15) is 11.5 Å². The van der Waals surface area contributed by atoms with Gasteiger partial charge in [0.15, 0.2) is 6.61 Å². The van der Waals surface area contributed by atoms with Crippen molar-refractivity contribution in [3.63, 3.8) is 0 Å². The average molecular weight is 389 g/mol. The highest BCUT2D eigenvalue weighted by Crippen LogP contribution is 2.27. The van der Waals surface area contributed by atoms with Crippen LogP contribution in [-0.2, 0) is 4.79 Å². The number of carbonyl (C=O) groups excluding carboxylic acids is 1. The summed E-state index contributed by atoms with van der Waals surface area (Å²) in [6.07, 6.45) is 2.38. The van der Waals surface area contributed by atoms with Crippen LogP contribution in [0.15, 0.2) is 48.5 Å². The van der Waals surface area contributed by atoms with Gasteiger partial charge in [-0.05, 0) is 67.9 Å². The van der Waals surface area contributed by atoms with Crippen molar-refractivity contribution in [2.24, 2.45) is 0 Å². The second kappa shape index (κ2) is 9.62. The van der Waals surface area contributed by atoms with E-state index in [-0.39, 0.29) is 18.6 Å². The number of methoxy groups -OCH3 is 1. The molecule has 0 spiro atoms. The Labute approximate surface area is 165 Å². The Morgan fingerprint density at radius 2 is 1.89 bits per heavy atom. The number of hydrogen-bond acceptors (Lipinski definition) is 4. The van der Waals surface area contributed by atoms with Crippen molar-refractivity contribution in [1.82, 2.24) is 10.2 Å². The molecule has 0 radical (unpaired) electrons. The fourth-order valence-electron chi connectivity index (χ4n) is 3.30. The molecular formula is C21H25ClN2O3.